The monoisotopic (exact) mass is 375 g/mol. The standard InChI is InChI=1S/C20H48N4P/c1-9-11-13-15-17-19-24(20-18-16-14-12-10-2)25(21(3)4,22(5)6)23(7)8/h9-20H2,1-8H3/q+1. The molecule has 0 aromatic rings. The predicted octanol–water partition coefficient (Wildman–Crippen LogP) is 5.59. The third-order valence-electron chi connectivity index (χ3n) is 5.03. The average Bonchev–Trinajstić information content (AvgIpc) is 2.53. The maximum absolute atomic E-state index is 2.81. The Morgan fingerprint density at radius 3 is 1.08 bits per heavy atom. The van der Waals surface area contributed by atoms with Crippen LogP contribution >= 0.6 is 7.87 Å². The van der Waals surface area contributed by atoms with Crippen LogP contribution in [0.2, 0.25) is 0 Å². The van der Waals surface area contributed by atoms with E-state index in [-0.39, 0.29) is 0 Å². The maximum atomic E-state index is 2.81. The van der Waals surface area contributed by atoms with Gasteiger partial charge in [-0.3, -0.25) is 0 Å². The highest BCUT2D eigenvalue weighted by Gasteiger charge is 2.53. The van der Waals surface area contributed by atoms with Crippen LogP contribution in [0.3, 0.4) is 0 Å². The van der Waals surface area contributed by atoms with Gasteiger partial charge < -0.3 is 0 Å². The van der Waals surface area contributed by atoms with Gasteiger partial charge in [0.25, 0.3) is 0 Å². The minimum absolute atomic E-state index is 1.22. The summed E-state index contributed by atoms with van der Waals surface area (Å²) in [6.45, 7) is 7.03. The van der Waals surface area contributed by atoms with E-state index in [4.69, 9.17) is 0 Å². The zero-order valence-electron chi connectivity index (χ0n) is 18.7. The van der Waals surface area contributed by atoms with Crippen molar-refractivity contribution in [3.63, 3.8) is 0 Å². The fourth-order valence-corrected chi connectivity index (χ4v) is 8.49. The van der Waals surface area contributed by atoms with Gasteiger partial charge in [0.2, 0.25) is 0 Å². The second kappa shape index (κ2) is 14.3. The number of hydrogen-bond acceptors (Lipinski definition) is 4. The van der Waals surface area contributed by atoms with Gasteiger partial charge in [-0.15, -0.1) is 18.7 Å². The van der Waals surface area contributed by atoms with Gasteiger partial charge in [0.15, 0.2) is 0 Å². The van der Waals surface area contributed by atoms with E-state index in [1.54, 1.807) is 0 Å². The lowest BCUT2D eigenvalue weighted by Crippen LogP contribution is -2.47. The average molecular weight is 376 g/mol. The van der Waals surface area contributed by atoms with Gasteiger partial charge in [0.1, 0.15) is 0 Å². The largest absolute Gasteiger partial charge is 0.307 e. The molecule has 0 fully saturated rings. The summed E-state index contributed by atoms with van der Waals surface area (Å²) in [7, 11) is 12.0. The first kappa shape index (κ1) is 25.3. The quantitative estimate of drug-likeness (QED) is 0.257. The number of nitrogens with zero attached hydrogens (tertiary/aromatic N) is 4. The van der Waals surface area contributed by atoms with Gasteiger partial charge in [-0.05, 0) is 12.8 Å². The Morgan fingerprint density at radius 2 is 0.800 bits per heavy atom. The fourth-order valence-electron chi connectivity index (χ4n) is 4.01. The Balaban J connectivity index is 5.01. The summed E-state index contributed by atoms with van der Waals surface area (Å²) < 4.78 is 10.2. The summed E-state index contributed by atoms with van der Waals surface area (Å²) in [6.07, 6.45) is 13.6. The molecule has 0 aromatic carbocycles. The van der Waals surface area contributed by atoms with Gasteiger partial charge in [0.05, 0.1) is 0 Å². The molecule has 152 valence electrons. The van der Waals surface area contributed by atoms with Gasteiger partial charge in [0, 0.05) is 55.4 Å². The molecule has 0 spiro atoms. The fraction of sp³-hybridized carbons (Fsp3) is 1.00. The molecule has 0 aliphatic rings. The lowest BCUT2D eigenvalue weighted by molar-refractivity contribution is 0.311. The van der Waals surface area contributed by atoms with Crippen LogP contribution in [0.1, 0.15) is 78.1 Å². The Kier molecular flexibility index (Phi) is 14.5. The minimum Gasteiger partial charge on any atom is -0.139 e. The minimum atomic E-state index is -1.60. The van der Waals surface area contributed by atoms with Crippen LogP contribution in [-0.2, 0) is 0 Å². The molecule has 0 amide bonds. The summed E-state index contributed by atoms with van der Waals surface area (Å²) in [6, 6.07) is 0. The summed E-state index contributed by atoms with van der Waals surface area (Å²) in [5.41, 5.74) is 0. The third kappa shape index (κ3) is 8.22. The molecule has 0 aromatic heterocycles. The summed E-state index contributed by atoms with van der Waals surface area (Å²) in [5.74, 6) is 0. The van der Waals surface area contributed by atoms with Crippen LogP contribution in [0.5, 0.6) is 0 Å². The van der Waals surface area contributed by atoms with Gasteiger partial charge in [-0.2, -0.15) is 0 Å². The highest BCUT2D eigenvalue weighted by atomic mass is 31.2. The zero-order valence-corrected chi connectivity index (χ0v) is 19.6. The van der Waals surface area contributed by atoms with E-state index in [2.05, 4.69) is 74.8 Å². The van der Waals surface area contributed by atoms with Crippen molar-refractivity contribution in [2.75, 3.05) is 55.4 Å². The van der Waals surface area contributed by atoms with E-state index in [9.17, 15) is 0 Å². The molecule has 0 saturated heterocycles. The highest BCUT2D eigenvalue weighted by molar-refractivity contribution is 7.66. The molecule has 0 unspecified atom stereocenters. The van der Waals surface area contributed by atoms with E-state index in [1.165, 1.54) is 77.3 Å². The van der Waals surface area contributed by atoms with E-state index >= 15 is 0 Å². The lowest BCUT2D eigenvalue weighted by Gasteiger charge is -2.45. The summed E-state index contributed by atoms with van der Waals surface area (Å²) >= 11 is 0. The molecule has 0 saturated carbocycles. The Labute approximate surface area is 160 Å². The van der Waals surface area contributed by atoms with E-state index in [0.29, 0.717) is 0 Å². The third-order valence-corrected chi connectivity index (χ3v) is 9.41. The molecule has 5 heteroatoms. The van der Waals surface area contributed by atoms with Crippen molar-refractivity contribution in [3.8, 4) is 0 Å². The first-order chi connectivity index (χ1) is 11.8. The van der Waals surface area contributed by atoms with E-state index < -0.39 is 7.87 Å². The van der Waals surface area contributed by atoms with Crippen molar-refractivity contribution in [2.24, 2.45) is 0 Å². The van der Waals surface area contributed by atoms with Crippen molar-refractivity contribution in [1.29, 1.82) is 0 Å². The molecule has 0 aliphatic heterocycles. The van der Waals surface area contributed by atoms with Crippen LogP contribution in [0.15, 0.2) is 0 Å². The van der Waals surface area contributed by atoms with Gasteiger partial charge >= 0.3 is 7.87 Å². The Hall–Kier alpha value is 0.270. The molecule has 0 aliphatic carbocycles. The van der Waals surface area contributed by atoms with Crippen LogP contribution in [0.25, 0.3) is 0 Å². The van der Waals surface area contributed by atoms with Gasteiger partial charge in [-0.1, -0.05) is 65.2 Å². The Morgan fingerprint density at radius 1 is 0.480 bits per heavy atom. The topological polar surface area (TPSA) is 13.0 Å². The normalized spacial score (nSPS) is 13.0. The molecule has 0 atom stereocenters. The van der Waals surface area contributed by atoms with Crippen LogP contribution in [-0.4, -0.2) is 74.1 Å². The Bertz CT molecular complexity index is 272. The molecule has 0 rings (SSSR count). The van der Waals surface area contributed by atoms with Crippen molar-refractivity contribution in [1.82, 2.24) is 18.7 Å². The first-order valence-corrected chi connectivity index (χ1v) is 12.1. The molecule has 25 heavy (non-hydrogen) atoms. The number of hydrogen-bond donors (Lipinski definition) is 0. The smallest absolute Gasteiger partial charge is 0.139 e. The lowest BCUT2D eigenvalue weighted by atomic mass is 10.1. The van der Waals surface area contributed by atoms with E-state index in [0.717, 1.165) is 0 Å². The number of unbranched alkanes of at least 4 members (excludes halogenated alkanes) is 8. The molecular weight excluding hydrogens is 327 g/mol. The zero-order chi connectivity index (χ0) is 19.3. The van der Waals surface area contributed by atoms with Crippen LogP contribution in [0, 0.1) is 0 Å². The van der Waals surface area contributed by atoms with Crippen molar-refractivity contribution >= 4 is 7.87 Å². The second-order valence-electron chi connectivity index (χ2n) is 7.86. The molecule has 0 heterocycles. The number of rotatable bonds is 16. The molecule has 0 N–H and O–H groups in total. The van der Waals surface area contributed by atoms with E-state index in [1.807, 2.05) is 0 Å². The van der Waals surface area contributed by atoms with Crippen LogP contribution < -0.4 is 0 Å². The van der Waals surface area contributed by atoms with Crippen molar-refractivity contribution in [3.05, 3.63) is 0 Å². The second-order valence-corrected chi connectivity index (χ2v) is 11.9. The molecule has 0 radical (unpaired) electrons. The maximum Gasteiger partial charge on any atom is 0.307 e. The van der Waals surface area contributed by atoms with Crippen molar-refractivity contribution in [2.45, 2.75) is 78.1 Å². The molecular formula is C20H48N4P+. The molecule has 4 nitrogen and oxygen atoms in total. The summed E-state index contributed by atoms with van der Waals surface area (Å²) in [4.78, 5) is 0. The van der Waals surface area contributed by atoms with Crippen molar-refractivity contribution < 1.29 is 0 Å². The predicted molar refractivity (Wildman–Crippen MR) is 117 cm³/mol. The highest BCUT2D eigenvalue weighted by Crippen LogP contribution is 2.66. The SMILES string of the molecule is CCCCCCCN(CCCCCCC)[P+](N(C)C)(N(C)C)N(C)C. The van der Waals surface area contributed by atoms with Crippen LogP contribution in [0.4, 0.5) is 0 Å². The molecule has 0 bridgehead atoms. The van der Waals surface area contributed by atoms with Gasteiger partial charge in [-0.25, -0.2) is 0 Å². The first-order valence-electron chi connectivity index (χ1n) is 10.5. The summed E-state index contributed by atoms with van der Waals surface area (Å²) in [5, 5.41) is 0.